The Morgan fingerprint density at radius 2 is 2.58 bits per heavy atom. The van der Waals surface area contributed by atoms with E-state index < -0.39 is 25.3 Å². The molecule has 1 saturated heterocycles. The molecule has 2 N–H and O–H groups in total. The van der Waals surface area contributed by atoms with Crippen LogP contribution in [-0.4, -0.2) is 42.1 Å². The van der Waals surface area contributed by atoms with Crippen molar-refractivity contribution in [2.45, 2.75) is 18.6 Å². The maximum atomic E-state index is 9.33. The SMILES string of the molecule is [3H][C@@H]1C[C@@H](O)[C@@H](COP(C)(O)=S)O1. The van der Waals surface area contributed by atoms with Gasteiger partial charge in [-0.15, -0.1) is 0 Å². The number of aliphatic hydroxyl groups excluding tert-OH is 1. The number of rotatable bonds is 3. The van der Waals surface area contributed by atoms with Gasteiger partial charge >= 0.3 is 0 Å². The van der Waals surface area contributed by atoms with Crippen molar-refractivity contribution in [3.8, 4) is 0 Å². The Morgan fingerprint density at radius 3 is 3.00 bits per heavy atom. The van der Waals surface area contributed by atoms with Crippen LogP contribution in [0.25, 0.3) is 0 Å². The molecule has 4 atom stereocenters. The topological polar surface area (TPSA) is 58.9 Å². The lowest BCUT2D eigenvalue weighted by Crippen LogP contribution is -2.25. The fourth-order valence-corrected chi connectivity index (χ4v) is 1.49. The molecule has 1 aliphatic rings. The molecule has 1 heterocycles. The van der Waals surface area contributed by atoms with Gasteiger partial charge in [0.25, 0.3) is 0 Å². The molecule has 1 fully saturated rings. The summed E-state index contributed by atoms with van der Waals surface area (Å²) in [6, 6.07) is 0. The fourth-order valence-electron chi connectivity index (χ4n) is 0.882. The van der Waals surface area contributed by atoms with Crippen molar-refractivity contribution in [2.75, 3.05) is 19.9 Å². The predicted molar refractivity (Wildman–Crippen MR) is 48.7 cm³/mol. The lowest BCUT2D eigenvalue weighted by molar-refractivity contribution is 0.0115. The van der Waals surface area contributed by atoms with Gasteiger partial charge in [0.15, 0.2) is 6.49 Å². The van der Waals surface area contributed by atoms with Crippen LogP contribution < -0.4 is 0 Å². The van der Waals surface area contributed by atoms with Gasteiger partial charge in [-0.2, -0.15) is 0 Å². The Balaban J connectivity index is 2.34. The molecule has 0 aromatic heterocycles. The van der Waals surface area contributed by atoms with Crippen molar-refractivity contribution in [2.24, 2.45) is 0 Å². The van der Waals surface area contributed by atoms with Crippen LogP contribution in [0, 0.1) is 0 Å². The van der Waals surface area contributed by atoms with Crippen molar-refractivity contribution in [3.05, 3.63) is 0 Å². The van der Waals surface area contributed by atoms with E-state index in [9.17, 15) is 5.11 Å². The molecule has 0 spiro atoms. The first-order chi connectivity index (χ1) is 5.88. The molecule has 0 amide bonds. The second-order valence-corrected chi connectivity index (χ2v) is 6.64. The highest BCUT2D eigenvalue weighted by molar-refractivity contribution is 8.09. The zero-order valence-electron chi connectivity index (χ0n) is 7.71. The van der Waals surface area contributed by atoms with Crippen LogP contribution in [0.2, 0.25) is 0 Å². The number of hydrogen-bond donors (Lipinski definition) is 2. The van der Waals surface area contributed by atoms with Gasteiger partial charge in [0.1, 0.15) is 6.10 Å². The average Bonchev–Trinajstić information content (AvgIpc) is 2.24. The van der Waals surface area contributed by atoms with E-state index in [4.69, 9.17) is 15.5 Å². The van der Waals surface area contributed by atoms with Crippen LogP contribution in [0.5, 0.6) is 0 Å². The molecule has 0 bridgehead atoms. The molecule has 1 unspecified atom stereocenters. The third-order valence-electron chi connectivity index (χ3n) is 1.52. The molecular formula is C6H13O4PS. The molecule has 4 nitrogen and oxygen atoms in total. The van der Waals surface area contributed by atoms with E-state index in [0.29, 0.717) is 0 Å². The summed E-state index contributed by atoms with van der Waals surface area (Å²) >= 11 is 4.65. The van der Waals surface area contributed by atoms with Gasteiger partial charge in [-0.05, 0) is 18.2 Å². The van der Waals surface area contributed by atoms with E-state index in [2.05, 4.69) is 11.8 Å². The van der Waals surface area contributed by atoms with Gasteiger partial charge in [-0.25, -0.2) is 0 Å². The van der Waals surface area contributed by atoms with Crippen molar-refractivity contribution in [3.63, 3.8) is 0 Å². The van der Waals surface area contributed by atoms with E-state index in [1.165, 1.54) is 6.66 Å². The largest absolute Gasteiger partial charge is 0.390 e. The molecule has 0 aromatic carbocycles. The van der Waals surface area contributed by atoms with E-state index in [-0.39, 0.29) is 13.0 Å². The normalized spacial score (nSPS) is 42.2. The van der Waals surface area contributed by atoms with E-state index in [1.54, 1.807) is 0 Å². The van der Waals surface area contributed by atoms with E-state index in [0.717, 1.165) is 0 Å². The second kappa shape index (κ2) is 4.13. The van der Waals surface area contributed by atoms with Crippen LogP contribution in [-0.2, 0) is 21.1 Å². The molecule has 12 heavy (non-hydrogen) atoms. The van der Waals surface area contributed by atoms with Gasteiger partial charge in [0, 0.05) is 13.2 Å². The van der Waals surface area contributed by atoms with Crippen LogP contribution in [0.4, 0.5) is 0 Å². The molecule has 0 aliphatic carbocycles. The first kappa shape index (κ1) is 9.06. The smallest absolute Gasteiger partial charge is 0.183 e. The minimum Gasteiger partial charge on any atom is -0.390 e. The summed E-state index contributed by atoms with van der Waals surface area (Å²) in [7, 11) is 0. The van der Waals surface area contributed by atoms with Crippen molar-refractivity contribution in [1.29, 1.82) is 0 Å². The van der Waals surface area contributed by atoms with Gasteiger partial charge in [0.2, 0.25) is 0 Å². The summed E-state index contributed by atoms with van der Waals surface area (Å²) in [4.78, 5) is 9.15. The Bertz CT molecular complexity index is 221. The van der Waals surface area contributed by atoms with Crippen LogP contribution in [0.15, 0.2) is 0 Å². The first-order valence-electron chi connectivity index (χ1n) is 4.17. The van der Waals surface area contributed by atoms with Crippen LogP contribution in [0.1, 0.15) is 7.79 Å². The summed E-state index contributed by atoms with van der Waals surface area (Å²) in [5, 5.41) is 9.33. The Labute approximate surface area is 78.1 Å². The quantitative estimate of drug-likeness (QED) is 0.652. The first-order valence-corrected chi connectivity index (χ1v) is 6.71. The van der Waals surface area contributed by atoms with Gasteiger partial charge in [-0.3, -0.25) is 0 Å². The lowest BCUT2D eigenvalue weighted by atomic mass is 10.2. The lowest BCUT2D eigenvalue weighted by Gasteiger charge is -2.16. The third kappa shape index (κ3) is 3.47. The molecule has 1 aliphatic heterocycles. The monoisotopic (exact) mass is 214 g/mol. The molecule has 1 rings (SSSR count). The minimum atomic E-state index is -2.68. The summed E-state index contributed by atoms with van der Waals surface area (Å²) < 4.78 is 17.2. The molecule has 0 aromatic rings. The Kier molecular flexibility index (Phi) is 3.12. The van der Waals surface area contributed by atoms with Gasteiger partial charge in [0.05, 0.1) is 14.1 Å². The maximum Gasteiger partial charge on any atom is 0.183 e. The Morgan fingerprint density at radius 1 is 1.92 bits per heavy atom. The molecular weight excluding hydrogens is 199 g/mol. The van der Waals surface area contributed by atoms with E-state index in [1.807, 2.05) is 0 Å². The van der Waals surface area contributed by atoms with E-state index >= 15 is 0 Å². The molecule has 0 radical (unpaired) electrons. The zero-order valence-corrected chi connectivity index (χ0v) is 8.42. The van der Waals surface area contributed by atoms with Crippen molar-refractivity contribution >= 4 is 18.3 Å². The zero-order chi connectivity index (χ0) is 10.1. The maximum absolute atomic E-state index is 9.33. The second-order valence-electron chi connectivity index (χ2n) is 2.74. The number of aliphatic hydroxyl groups is 1. The summed E-state index contributed by atoms with van der Waals surface area (Å²) in [6.45, 7) is -1.89. The minimum absolute atomic E-state index is 0.0564. The Hall–Kier alpha value is 0.490. The van der Waals surface area contributed by atoms with Crippen molar-refractivity contribution in [1.82, 2.24) is 0 Å². The molecule has 72 valence electrons. The highest BCUT2D eigenvalue weighted by Gasteiger charge is 2.27. The standard InChI is InChI=1S/C6H13O4PS/c1-11(8,12)10-4-6-5(7)2-3-9-6/h5-7H,2-4H2,1H3,(H,8,12)/t5-,6-,11?/m1/s1/i3T/t3-,5-,6-,11?. The van der Waals surface area contributed by atoms with Gasteiger partial charge in [-0.1, -0.05) is 0 Å². The van der Waals surface area contributed by atoms with Crippen molar-refractivity contribution < 1.29 is 20.6 Å². The predicted octanol–water partition coefficient (Wildman–Crippen LogP) is 0.0844. The molecule has 6 heteroatoms. The highest BCUT2D eigenvalue weighted by Crippen LogP contribution is 2.37. The van der Waals surface area contributed by atoms with Crippen LogP contribution >= 0.6 is 6.49 Å². The summed E-state index contributed by atoms with van der Waals surface area (Å²) in [5.74, 6) is 0. The van der Waals surface area contributed by atoms with Crippen LogP contribution in [0.3, 0.4) is 0 Å². The molecule has 0 saturated carbocycles. The summed E-state index contributed by atoms with van der Waals surface area (Å²) in [5.41, 5.74) is 0. The van der Waals surface area contributed by atoms with Gasteiger partial charge < -0.3 is 19.3 Å². The number of hydrogen-bond acceptors (Lipinski definition) is 4. The average molecular weight is 214 g/mol. The highest BCUT2D eigenvalue weighted by atomic mass is 32.5. The summed E-state index contributed by atoms with van der Waals surface area (Å²) in [6.07, 6.45) is -0.938. The third-order valence-corrected chi connectivity index (χ3v) is 2.46. The fraction of sp³-hybridized carbons (Fsp3) is 1.00. The number of ether oxygens (including phenoxy) is 1.